The van der Waals surface area contributed by atoms with Crippen LogP contribution in [0.5, 0.6) is 0 Å². The van der Waals surface area contributed by atoms with Gasteiger partial charge in [-0.15, -0.1) is 0 Å². The lowest BCUT2D eigenvalue weighted by molar-refractivity contribution is -0.243. The molecular weight excluding hydrogens is 359 g/mol. The van der Waals surface area contributed by atoms with Crippen molar-refractivity contribution >= 4 is 29.2 Å². The lowest BCUT2D eigenvalue weighted by Crippen LogP contribution is -2.26. The Labute approximate surface area is 140 Å². The Bertz CT molecular complexity index is 669. The molecule has 0 aromatic heterocycles. The van der Waals surface area contributed by atoms with Gasteiger partial charge in [0.1, 0.15) is 10.1 Å². The molecule has 23 heavy (non-hydrogen) atoms. The van der Waals surface area contributed by atoms with Gasteiger partial charge in [-0.2, -0.15) is 8.78 Å². The van der Waals surface area contributed by atoms with Crippen molar-refractivity contribution in [2.45, 2.75) is 20.0 Å². The highest BCUT2D eigenvalue weighted by Gasteiger charge is 2.63. The van der Waals surface area contributed by atoms with E-state index in [0.29, 0.717) is 12.1 Å². The quantitative estimate of drug-likeness (QED) is 0.541. The van der Waals surface area contributed by atoms with Crippen molar-refractivity contribution in [3.8, 4) is 0 Å². The Kier molecular flexibility index (Phi) is 4.70. The van der Waals surface area contributed by atoms with Gasteiger partial charge in [-0.05, 0) is 29.5 Å². The molecule has 0 unspecified atom stereocenters. The summed E-state index contributed by atoms with van der Waals surface area (Å²) in [6.45, 7) is 3.30. The van der Waals surface area contributed by atoms with Crippen molar-refractivity contribution in [1.29, 1.82) is 0 Å². The van der Waals surface area contributed by atoms with Crippen LogP contribution < -0.4 is 0 Å². The van der Waals surface area contributed by atoms with Crippen LogP contribution in [0.1, 0.15) is 19.4 Å². The van der Waals surface area contributed by atoms with E-state index >= 15 is 0 Å². The highest BCUT2D eigenvalue weighted by molar-refractivity contribution is 6.55. The van der Waals surface area contributed by atoms with Crippen LogP contribution in [0.4, 0.5) is 17.6 Å². The third kappa shape index (κ3) is 3.48. The highest BCUT2D eigenvalue weighted by Crippen LogP contribution is 2.60. The predicted octanol–water partition coefficient (Wildman–Crippen LogP) is 5.15. The van der Waals surface area contributed by atoms with Crippen LogP contribution in [0.15, 0.2) is 28.8 Å². The molecule has 0 radical (unpaired) electrons. The Morgan fingerprint density at radius 2 is 1.91 bits per heavy atom. The molecule has 1 aliphatic rings. The van der Waals surface area contributed by atoms with Gasteiger partial charge in [-0.3, -0.25) is 4.79 Å². The molecule has 0 bridgehead atoms. The summed E-state index contributed by atoms with van der Waals surface area (Å²) in [7, 11) is 0. The minimum atomic E-state index is -4.29. The topological polar surface area (TPSA) is 26.3 Å². The van der Waals surface area contributed by atoms with Crippen LogP contribution in [-0.2, 0) is 15.6 Å². The number of allylic oxidation sites excluding steroid dienone is 1. The average molecular weight is 371 g/mol. The Balaban J connectivity index is 2.20. The van der Waals surface area contributed by atoms with E-state index < -0.39 is 46.5 Å². The fourth-order valence-corrected chi connectivity index (χ4v) is 2.82. The number of alkyl halides is 2. The summed E-state index contributed by atoms with van der Waals surface area (Å²) in [5, 5.41) is 0. The highest BCUT2D eigenvalue weighted by atomic mass is 35.5. The van der Waals surface area contributed by atoms with E-state index in [2.05, 4.69) is 4.74 Å². The second-order valence-electron chi connectivity index (χ2n) is 5.82. The summed E-state index contributed by atoms with van der Waals surface area (Å²) in [6.07, 6.45) is -2.93. The molecule has 0 spiro atoms. The van der Waals surface area contributed by atoms with E-state index in [1.54, 1.807) is 13.8 Å². The maximum atomic E-state index is 14.0. The zero-order valence-electron chi connectivity index (χ0n) is 12.0. The van der Waals surface area contributed by atoms with Crippen molar-refractivity contribution in [3.63, 3.8) is 0 Å². The molecule has 8 heteroatoms. The largest absolute Gasteiger partial charge is 0.431 e. The van der Waals surface area contributed by atoms with E-state index in [-0.39, 0.29) is 4.49 Å². The molecule has 1 aromatic rings. The maximum Gasteiger partial charge on any atom is 0.431 e. The number of carbonyl (C=O) groups excluding carboxylic acids is 1. The van der Waals surface area contributed by atoms with Gasteiger partial charge >= 0.3 is 12.1 Å². The summed E-state index contributed by atoms with van der Waals surface area (Å²) >= 11 is 11.0. The zero-order chi connectivity index (χ0) is 17.6. The molecule has 0 N–H and O–H groups in total. The van der Waals surface area contributed by atoms with Crippen molar-refractivity contribution in [3.05, 3.63) is 46.0 Å². The Morgan fingerprint density at radius 1 is 1.30 bits per heavy atom. The van der Waals surface area contributed by atoms with Crippen LogP contribution in [0.3, 0.4) is 0 Å². The first-order chi connectivity index (χ1) is 10.5. The van der Waals surface area contributed by atoms with Gasteiger partial charge in [-0.1, -0.05) is 43.1 Å². The molecule has 1 aromatic carbocycles. The molecule has 0 saturated heterocycles. The van der Waals surface area contributed by atoms with Crippen LogP contribution >= 0.6 is 23.2 Å². The molecule has 0 aliphatic heterocycles. The van der Waals surface area contributed by atoms with Crippen LogP contribution in [0.25, 0.3) is 0 Å². The molecule has 126 valence electrons. The van der Waals surface area contributed by atoms with Crippen LogP contribution in [-0.4, -0.2) is 5.97 Å². The molecule has 2 nitrogen and oxygen atoms in total. The lowest BCUT2D eigenvalue weighted by atomic mass is 10.1. The number of hydrogen-bond donors (Lipinski definition) is 0. The second-order valence-corrected chi connectivity index (χ2v) is 6.83. The molecule has 2 atom stereocenters. The monoisotopic (exact) mass is 370 g/mol. The second kappa shape index (κ2) is 5.98. The lowest BCUT2D eigenvalue weighted by Gasteiger charge is -2.18. The molecule has 1 fully saturated rings. The van der Waals surface area contributed by atoms with Crippen molar-refractivity contribution in [2.75, 3.05) is 0 Å². The van der Waals surface area contributed by atoms with Gasteiger partial charge < -0.3 is 4.74 Å². The van der Waals surface area contributed by atoms with Gasteiger partial charge in [-0.25, -0.2) is 8.78 Å². The predicted molar refractivity (Wildman–Crippen MR) is 76.9 cm³/mol. The first kappa shape index (κ1) is 18.1. The number of hydrogen-bond acceptors (Lipinski definition) is 2. The van der Waals surface area contributed by atoms with E-state index in [0.717, 1.165) is 6.07 Å². The van der Waals surface area contributed by atoms with E-state index in [1.807, 2.05) is 0 Å². The van der Waals surface area contributed by atoms with Gasteiger partial charge in [0.05, 0.1) is 5.92 Å². The summed E-state index contributed by atoms with van der Waals surface area (Å²) < 4.78 is 58.5. The van der Waals surface area contributed by atoms with Crippen molar-refractivity contribution in [2.24, 2.45) is 17.3 Å². The van der Waals surface area contributed by atoms with Gasteiger partial charge in [0.2, 0.25) is 0 Å². The molecule has 0 heterocycles. The van der Waals surface area contributed by atoms with Crippen LogP contribution in [0.2, 0.25) is 0 Å². The standard InChI is InChI=1S/C15H12Cl2F4O2/c1-14(2)8(6-10(16)17)11(14)13(22)23-15(20,21)7-4-3-5-9(18)12(7)19/h3-6,8,11H,1-2H3/t8-,11+/m1/s1. The molecular formula is C15H12Cl2F4O2. The zero-order valence-corrected chi connectivity index (χ0v) is 13.6. The molecule has 1 aliphatic carbocycles. The molecule has 1 saturated carbocycles. The van der Waals surface area contributed by atoms with Crippen molar-refractivity contribution in [1.82, 2.24) is 0 Å². The van der Waals surface area contributed by atoms with Crippen molar-refractivity contribution < 1.29 is 27.1 Å². The third-order valence-electron chi connectivity index (χ3n) is 3.96. The fourth-order valence-electron chi connectivity index (χ4n) is 2.55. The SMILES string of the molecule is CC1(C)[C@H](C=C(Cl)Cl)[C@H]1C(=O)OC(F)(F)c1cccc(F)c1F. The summed E-state index contributed by atoms with van der Waals surface area (Å²) in [6, 6.07) is 2.23. The summed E-state index contributed by atoms with van der Waals surface area (Å²) in [4.78, 5) is 12.0. The van der Waals surface area contributed by atoms with Gasteiger partial charge in [0.25, 0.3) is 0 Å². The van der Waals surface area contributed by atoms with Crippen LogP contribution in [0, 0.1) is 28.9 Å². The number of rotatable bonds is 4. The molecule has 2 rings (SSSR count). The minimum absolute atomic E-state index is 0.0960. The first-order valence-corrected chi connectivity index (χ1v) is 7.32. The number of esters is 1. The number of halogens is 6. The van der Waals surface area contributed by atoms with E-state index in [4.69, 9.17) is 23.2 Å². The number of benzene rings is 1. The third-order valence-corrected chi connectivity index (χ3v) is 4.22. The first-order valence-electron chi connectivity index (χ1n) is 6.56. The van der Waals surface area contributed by atoms with E-state index in [1.165, 1.54) is 6.08 Å². The number of carbonyl (C=O) groups is 1. The molecule has 0 amide bonds. The fraction of sp³-hybridized carbons (Fsp3) is 0.400. The Hall–Kier alpha value is -1.27. The minimum Gasteiger partial charge on any atom is -0.397 e. The summed E-state index contributed by atoms with van der Waals surface area (Å²) in [5.41, 5.74) is -2.02. The van der Waals surface area contributed by atoms with E-state index in [9.17, 15) is 22.4 Å². The van der Waals surface area contributed by atoms with Gasteiger partial charge in [0, 0.05) is 0 Å². The Morgan fingerprint density at radius 3 is 2.48 bits per heavy atom. The smallest absolute Gasteiger partial charge is 0.397 e. The number of ether oxygens (including phenoxy) is 1. The van der Waals surface area contributed by atoms with Gasteiger partial charge in [0.15, 0.2) is 11.6 Å². The maximum absolute atomic E-state index is 14.0. The average Bonchev–Trinajstić information content (AvgIpc) is 2.92. The normalized spacial score (nSPS) is 22.4. The summed E-state index contributed by atoms with van der Waals surface area (Å²) in [5.74, 6) is -5.84.